The van der Waals surface area contributed by atoms with Crippen LogP contribution < -0.4 is 15.4 Å². The zero-order valence-corrected chi connectivity index (χ0v) is 13.3. The first-order valence-corrected chi connectivity index (χ1v) is 6.63. The summed E-state index contributed by atoms with van der Waals surface area (Å²) in [6, 6.07) is 3.13. The molecule has 0 aliphatic carbocycles. The summed E-state index contributed by atoms with van der Waals surface area (Å²) in [7, 11) is 1.61. The molecule has 0 saturated carbocycles. The third kappa shape index (κ3) is 7.53. The second-order valence-electron chi connectivity index (χ2n) is 4.37. The lowest BCUT2D eigenvalue weighted by atomic mass is 10.3. The van der Waals surface area contributed by atoms with Gasteiger partial charge in [-0.3, -0.25) is 4.79 Å². The van der Waals surface area contributed by atoms with Crippen molar-refractivity contribution in [1.82, 2.24) is 10.6 Å². The van der Waals surface area contributed by atoms with Crippen LogP contribution in [0.5, 0.6) is 5.75 Å². The predicted octanol–water partition coefficient (Wildman–Crippen LogP) is 1.51. The molecule has 0 bridgehead atoms. The van der Waals surface area contributed by atoms with Gasteiger partial charge in [-0.1, -0.05) is 0 Å². The third-order valence-corrected chi connectivity index (χ3v) is 2.66. The predicted molar refractivity (Wildman–Crippen MR) is 81.5 cm³/mol. The molecule has 0 fully saturated rings. The van der Waals surface area contributed by atoms with E-state index in [9.17, 15) is 13.6 Å². The second kappa shape index (κ2) is 11.2. The van der Waals surface area contributed by atoms with Crippen molar-refractivity contribution in [2.24, 2.45) is 0 Å². The average Bonchev–Trinajstić information content (AvgIpc) is 2.46. The van der Waals surface area contributed by atoms with Crippen molar-refractivity contribution in [2.75, 3.05) is 33.4 Å². The highest BCUT2D eigenvalue weighted by Crippen LogP contribution is 2.16. The summed E-state index contributed by atoms with van der Waals surface area (Å²) in [5, 5.41) is 5.74. The zero-order chi connectivity index (χ0) is 15.7. The number of halogens is 3. The van der Waals surface area contributed by atoms with Gasteiger partial charge in [0.25, 0.3) is 5.91 Å². The normalized spacial score (nSPS) is 11.5. The number of hydrogen-bond donors (Lipinski definition) is 2. The molecule has 0 radical (unpaired) electrons. The van der Waals surface area contributed by atoms with Crippen LogP contribution in [0, 0.1) is 11.6 Å². The number of ether oxygens (including phenoxy) is 2. The summed E-state index contributed by atoms with van der Waals surface area (Å²) in [6.45, 7) is 3.88. The summed E-state index contributed by atoms with van der Waals surface area (Å²) in [6.07, 6.45) is -0.797. The topological polar surface area (TPSA) is 59.6 Å². The van der Waals surface area contributed by atoms with Crippen molar-refractivity contribution >= 4 is 18.3 Å². The lowest BCUT2D eigenvalue weighted by Gasteiger charge is -2.15. The number of rotatable bonds is 9. The molecule has 0 spiro atoms. The van der Waals surface area contributed by atoms with Crippen LogP contribution in [0.2, 0.25) is 0 Å². The summed E-state index contributed by atoms with van der Waals surface area (Å²) in [4.78, 5) is 11.7. The molecule has 0 aromatic heterocycles. The Morgan fingerprint density at radius 1 is 1.23 bits per heavy atom. The van der Waals surface area contributed by atoms with Gasteiger partial charge in [-0.15, -0.1) is 12.4 Å². The van der Waals surface area contributed by atoms with Crippen molar-refractivity contribution in [3.8, 4) is 5.75 Å². The fourth-order valence-electron chi connectivity index (χ4n) is 1.52. The Morgan fingerprint density at radius 2 is 1.95 bits per heavy atom. The summed E-state index contributed by atoms with van der Waals surface area (Å²) in [5.41, 5.74) is 0. The first-order chi connectivity index (χ1) is 10.0. The molecule has 0 saturated heterocycles. The number of methoxy groups -OCH3 is 1. The molecule has 0 aliphatic heterocycles. The maximum Gasteiger partial charge on any atom is 0.260 e. The van der Waals surface area contributed by atoms with Gasteiger partial charge >= 0.3 is 0 Å². The van der Waals surface area contributed by atoms with Crippen LogP contribution in [0.4, 0.5) is 8.78 Å². The Morgan fingerprint density at radius 3 is 2.59 bits per heavy atom. The van der Waals surface area contributed by atoms with Crippen LogP contribution in [0.1, 0.15) is 6.92 Å². The summed E-state index contributed by atoms with van der Waals surface area (Å²) < 4.78 is 35.9. The Labute approximate surface area is 134 Å². The molecule has 0 aliphatic rings. The number of benzene rings is 1. The maximum atomic E-state index is 13.0. The van der Waals surface area contributed by atoms with Gasteiger partial charge in [-0.2, -0.15) is 0 Å². The molecule has 1 aromatic carbocycles. The van der Waals surface area contributed by atoms with Crippen molar-refractivity contribution in [2.45, 2.75) is 13.0 Å². The van der Waals surface area contributed by atoms with Gasteiger partial charge in [0.2, 0.25) is 0 Å². The molecule has 1 unspecified atom stereocenters. The van der Waals surface area contributed by atoms with Crippen LogP contribution in [0.3, 0.4) is 0 Å². The maximum absolute atomic E-state index is 13.0. The Bertz CT molecular complexity index is 464. The second-order valence-corrected chi connectivity index (χ2v) is 4.37. The fraction of sp³-hybridized carbons (Fsp3) is 0.500. The van der Waals surface area contributed by atoms with E-state index in [1.807, 2.05) is 0 Å². The highest BCUT2D eigenvalue weighted by atomic mass is 35.5. The van der Waals surface area contributed by atoms with Crippen LogP contribution in [-0.2, 0) is 9.53 Å². The van der Waals surface area contributed by atoms with Crippen molar-refractivity contribution in [3.05, 3.63) is 29.8 Å². The molecule has 1 atom stereocenters. The van der Waals surface area contributed by atoms with Gasteiger partial charge < -0.3 is 20.1 Å². The summed E-state index contributed by atoms with van der Waals surface area (Å²) in [5.74, 6) is -2.19. The molecule has 1 amide bonds. The van der Waals surface area contributed by atoms with Crippen LogP contribution in [-0.4, -0.2) is 45.4 Å². The van der Waals surface area contributed by atoms with E-state index in [-0.39, 0.29) is 24.1 Å². The average molecular weight is 339 g/mol. The molecule has 8 heteroatoms. The smallest absolute Gasteiger partial charge is 0.260 e. The van der Waals surface area contributed by atoms with Gasteiger partial charge in [-0.25, -0.2) is 8.78 Å². The first-order valence-electron chi connectivity index (χ1n) is 6.63. The van der Waals surface area contributed by atoms with Gasteiger partial charge in [0, 0.05) is 32.8 Å². The van der Waals surface area contributed by atoms with Crippen molar-refractivity contribution in [3.63, 3.8) is 0 Å². The quantitative estimate of drug-likeness (QED) is 0.670. The first kappa shape index (κ1) is 20.6. The molecule has 0 heterocycles. The van der Waals surface area contributed by atoms with Crippen LogP contribution in [0.15, 0.2) is 18.2 Å². The Kier molecular flexibility index (Phi) is 10.4. The number of hydrogen-bond acceptors (Lipinski definition) is 4. The van der Waals surface area contributed by atoms with E-state index in [2.05, 4.69) is 10.6 Å². The highest BCUT2D eigenvalue weighted by molar-refractivity contribution is 5.85. The van der Waals surface area contributed by atoms with Crippen LogP contribution >= 0.6 is 12.4 Å². The standard InChI is InChI=1S/C14H20F2N2O3.ClH/c1-10(14(19)18-6-5-17-7-8-20-2)21-11-3-4-12(15)13(16)9-11;/h3-4,9-10,17H,5-8H2,1-2H3,(H,18,19);1H. The largest absolute Gasteiger partial charge is 0.481 e. The molecular formula is C14H21ClF2N2O3. The molecule has 22 heavy (non-hydrogen) atoms. The van der Waals surface area contributed by atoms with Crippen molar-refractivity contribution in [1.29, 1.82) is 0 Å². The van der Waals surface area contributed by atoms with Gasteiger partial charge in [0.1, 0.15) is 5.75 Å². The number of amides is 1. The zero-order valence-electron chi connectivity index (χ0n) is 12.5. The minimum absolute atomic E-state index is 0. The minimum atomic E-state index is -1.01. The molecule has 126 valence electrons. The van der Waals surface area contributed by atoms with E-state index >= 15 is 0 Å². The third-order valence-electron chi connectivity index (χ3n) is 2.66. The minimum Gasteiger partial charge on any atom is -0.481 e. The number of carbonyl (C=O) groups excluding carboxylic acids is 1. The van der Waals surface area contributed by atoms with E-state index in [4.69, 9.17) is 9.47 Å². The Balaban J connectivity index is 0.00000441. The number of carbonyl (C=O) groups is 1. The van der Waals surface area contributed by atoms with E-state index in [1.165, 1.54) is 13.0 Å². The van der Waals surface area contributed by atoms with E-state index in [0.717, 1.165) is 12.1 Å². The molecule has 2 N–H and O–H groups in total. The highest BCUT2D eigenvalue weighted by Gasteiger charge is 2.14. The lowest BCUT2D eigenvalue weighted by Crippen LogP contribution is -2.40. The van der Waals surface area contributed by atoms with E-state index < -0.39 is 17.7 Å². The summed E-state index contributed by atoms with van der Waals surface area (Å²) >= 11 is 0. The fourth-order valence-corrected chi connectivity index (χ4v) is 1.52. The van der Waals surface area contributed by atoms with Gasteiger partial charge in [0.15, 0.2) is 17.7 Å². The molecular weight excluding hydrogens is 318 g/mol. The monoisotopic (exact) mass is 338 g/mol. The van der Waals surface area contributed by atoms with E-state index in [0.29, 0.717) is 26.2 Å². The van der Waals surface area contributed by atoms with E-state index in [1.54, 1.807) is 7.11 Å². The lowest BCUT2D eigenvalue weighted by molar-refractivity contribution is -0.127. The SMILES string of the molecule is COCCNCCNC(=O)C(C)Oc1ccc(F)c(F)c1.Cl. The Hall–Kier alpha value is -1.44. The van der Waals surface area contributed by atoms with Crippen LogP contribution in [0.25, 0.3) is 0 Å². The number of nitrogens with one attached hydrogen (secondary N) is 2. The molecule has 1 aromatic rings. The van der Waals surface area contributed by atoms with Gasteiger partial charge in [0.05, 0.1) is 6.61 Å². The molecule has 1 rings (SSSR count). The van der Waals surface area contributed by atoms with Gasteiger partial charge in [-0.05, 0) is 19.1 Å². The molecule has 5 nitrogen and oxygen atoms in total. The van der Waals surface area contributed by atoms with Crippen molar-refractivity contribution < 1.29 is 23.0 Å².